The summed E-state index contributed by atoms with van der Waals surface area (Å²) in [7, 11) is -3.58. The van der Waals surface area contributed by atoms with E-state index in [-0.39, 0.29) is 12.4 Å². The summed E-state index contributed by atoms with van der Waals surface area (Å²) in [5.41, 5.74) is 1.99. The van der Waals surface area contributed by atoms with Gasteiger partial charge in [0, 0.05) is 5.69 Å². The van der Waals surface area contributed by atoms with Crippen LogP contribution in [0.2, 0.25) is 0 Å². The Morgan fingerprint density at radius 1 is 1.10 bits per heavy atom. The molecular formula is C15H14N2O3S. The fourth-order valence-corrected chi connectivity index (χ4v) is 3.08. The molecule has 0 atom stereocenters. The topological polar surface area (TPSA) is 90.2 Å². The molecule has 0 radical (unpaired) electrons. The smallest absolute Gasteiger partial charge is 0.236 e. The predicted molar refractivity (Wildman–Crippen MR) is 79.8 cm³/mol. The van der Waals surface area contributed by atoms with Crippen LogP contribution in [0.3, 0.4) is 0 Å². The highest BCUT2D eigenvalue weighted by Gasteiger charge is 2.12. The Kier molecular flexibility index (Phi) is 4.58. The summed E-state index contributed by atoms with van der Waals surface area (Å²) in [5.74, 6) is -0.216. The van der Waals surface area contributed by atoms with Crippen LogP contribution in [0, 0.1) is 11.3 Å². The molecule has 0 fully saturated rings. The van der Waals surface area contributed by atoms with E-state index in [4.69, 9.17) is 10.4 Å². The van der Waals surface area contributed by atoms with Gasteiger partial charge in [0.1, 0.15) is 0 Å². The Morgan fingerprint density at radius 3 is 2.52 bits per heavy atom. The molecule has 0 aliphatic heterocycles. The maximum Gasteiger partial charge on any atom is 0.236 e. The number of hydrogen-bond donors (Lipinski definition) is 2. The zero-order chi connectivity index (χ0) is 15.3. The molecule has 2 aromatic carbocycles. The van der Waals surface area contributed by atoms with E-state index < -0.39 is 10.0 Å². The molecule has 0 heterocycles. The van der Waals surface area contributed by atoms with E-state index in [0.717, 1.165) is 0 Å². The Hall–Kier alpha value is -2.36. The van der Waals surface area contributed by atoms with Crippen LogP contribution in [-0.2, 0) is 22.4 Å². The van der Waals surface area contributed by atoms with Crippen molar-refractivity contribution in [2.75, 3.05) is 4.72 Å². The molecule has 21 heavy (non-hydrogen) atoms. The second-order valence-corrected chi connectivity index (χ2v) is 6.25. The Bertz CT molecular complexity index is 780. The third-order valence-electron chi connectivity index (χ3n) is 2.80. The number of aliphatic hydroxyl groups excluding tert-OH is 1. The van der Waals surface area contributed by atoms with Gasteiger partial charge in [-0.3, -0.25) is 4.72 Å². The number of benzene rings is 2. The molecule has 2 N–H and O–H groups in total. The minimum absolute atomic E-state index is 0.153. The highest BCUT2D eigenvalue weighted by molar-refractivity contribution is 7.91. The zero-order valence-electron chi connectivity index (χ0n) is 11.2. The summed E-state index contributed by atoms with van der Waals surface area (Å²) < 4.78 is 26.7. The number of sulfonamides is 1. The quantitative estimate of drug-likeness (QED) is 0.883. The van der Waals surface area contributed by atoms with Crippen molar-refractivity contribution in [1.29, 1.82) is 5.26 Å². The highest BCUT2D eigenvalue weighted by Crippen LogP contribution is 2.15. The molecule has 2 aromatic rings. The zero-order valence-corrected chi connectivity index (χ0v) is 12.0. The molecule has 6 heteroatoms. The molecular weight excluding hydrogens is 288 g/mol. The first-order valence-corrected chi connectivity index (χ1v) is 7.87. The molecule has 5 nitrogen and oxygen atoms in total. The standard InChI is InChI=1S/C15H14N2O3S/c16-9-12-3-1-5-14(7-12)11-21(19,20)17-15-6-2-4-13(8-15)10-18/h1-8,17-18H,10-11H2. The summed E-state index contributed by atoms with van der Waals surface area (Å²) in [6.07, 6.45) is 0. The van der Waals surface area contributed by atoms with Gasteiger partial charge < -0.3 is 5.11 Å². The van der Waals surface area contributed by atoms with Crippen LogP contribution in [0.5, 0.6) is 0 Å². The summed E-state index contributed by atoms with van der Waals surface area (Å²) in [6, 6.07) is 15.0. The predicted octanol–water partition coefficient (Wildman–Crippen LogP) is 1.99. The minimum atomic E-state index is -3.58. The van der Waals surface area contributed by atoms with Gasteiger partial charge in [0.2, 0.25) is 10.0 Å². The van der Waals surface area contributed by atoms with Crippen molar-refractivity contribution < 1.29 is 13.5 Å². The van der Waals surface area contributed by atoms with Gasteiger partial charge in [0.05, 0.1) is 24.0 Å². The third kappa shape index (κ3) is 4.31. The average Bonchev–Trinajstić information content (AvgIpc) is 2.46. The molecule has 0 aromatic heterocycles. The Balaban J connectivity index is 2.16. The van der Waals surface area contributed by atoms with Gasteiger partial charge >= 0.3 is 0 Å². The fourth-order valence-electron chi connectivity index (χ4n) is 1.90. The van der Waals surface area contributed by atoms with E-state index in [1.807, 2.05) is 6.07 Å². The van der Waals surface area contributed by atoms with Gasteiger partial charge in [-0.25, -0.2) is 8.42 Å². The van der Waals surface area contributed by atoms with Crippen molar-refractivity contribution in [3.63, 3.8) is 0 Å². The summed E-state index contributed by atoms with van der Waals surface area (Å²) in [6.45, 7) is -0.153. The van der Waals surface area contributed by atoms with Crippen molar-refractivity contribution in [1.82, 2.24) is 0 Å². The molecule has 0 unspecified atom stereocenters. The molecule has 0 bridgehead atoms. The first-order valence-electron chi connectivity index (χ1n) is 6.22. The maximum atomic E-state index is 12.1. The fraction of sp³-hybridized carbons (Fsp3) is 0.133. The number of nitriles is 1. The molecule has 0 saturated carbocycles. The molecule has 2 rings (SSSR count). The lowest BCUT2D eigenvalue weighted by molar-refractivity contribution is 0.282. The van der Waals surface area contributed by atoms with E-state index in [9.17, 15) is 8.42 Å². The molecule has 108 valence electrons. The van der Waals surface area contributed by atoms with Gasteiger partial charge in [-0.05, 0) is 35.4 Å². The molecule has 0 aliphatic rings. The van der Waals surface area contributed by atoms with E-state index in [1.165, 1.54) is 0 Å². The lowest BCUT2D eigenvalue weighted by Crippen LogP contribution is -2.15. The number of hydrogen-bond acceptors (Lipinski definition) is 4. The number of nitrogens with zero attached hydrogens (tertiary/aromatic N) is 1. The molecule has 0 amide bonds. The second-order valence-electron chi connectivity index (χ2n) is 4.53. The first-order chi connectivity index (χ1) is 10.0. The number of aliphatic hydroxyl groups is 1. The van der Waals surface area contributed by atoms with Gasteiger partial charge in [0.25, 0.3) is 0 Å². The van der Waals surface area contributed by atoms with Gasteiger partial charge in [-0.15, -0.1) is 0 Å². The van der Waals surface area contributed by atoms with Crippen LogP contribution in [0.15, 0.2) is 48.5 Å². The summed E-state index contributed by atoms with van der Waals surface area (Å²) in [4.78, 5) is 0. The maximum absolute atomic E-state index is 12.1. The number of rotatable bonds is 5. The third-order valence-corrected chi connectivity index (χ3v) is 4.06. The van der Waals surface area contributed by atoms with Crippen molar-refractivity contribution in [3.8, 4) is 6.07 Å². The molecule has 0 saturated heterocycles. The van der Waals surface area contributed by atoms with Crippen LogP contribution in [0.4, 0.5) is 5.69 Å². The normalized spacial score (nSPS) is 10.9. The van der Waals surface area contributed by atoms with Crippen molar-refractivity contribution in [2.45, 2.75) is 12.4 Å². The van der Waals surface area contributed by atoms with Gasteiger partial charge in [0.15, 0.2) is 0 Å². The van der Waals surface area contributed by atoms with E-state index in [1.54, 1.807) is 48.5 Å². The highest BCUT2D eigenvalue weighted by atomic mass is 32.2. The number of nitrogens with one attached hydrogen (secondary N) is 1. The number of anilines is 1. The van der Waals surface area contributed by atoms with Crippen LogP contribution >= 0.6 is 0 Å². The molecule has 0 spiro atoms. The van der Waals surface area contributed by atoms with Crippen LogP contribution in [0.25, 0.3) is 0 Å². The second kappa shape index (κ2) is 6.39. The van der Waals surface area contributed by atoms with Crippen molar-refractivity contribution in [3.05, 3.63) is 65.2 Å². The van der Waals surface area contributed by atoms with Crippen LogP contribution in [0.1, 0.15) is 16.7 Å². The summed E-state index contributed by atoms with van der Waals surface area (Å²) in [5, 5.41) is 17.9. The summed E-state index contributed by atoms with van der Waals surface area (Å²) >= 11 is 0. The van der Waals surface area contributed by atoms with Gasteiger partial charge in [-0.1, -0.05) is 24.3 Å². The van der Waals surface area contributed by atoms with E-state index in [2.05, 4.69) is 4.72 Å². The van der Waals surface area contributed by atoms with E-state index in [0.29, 0.717) is 22.4 Å². The minimum Gasteiger partial charge on any atom is -0.392 e. The largest absolute Gasteiger partial charge is 0.392 e. The van der Waals surface area contributed by atoms with Crippen LogP contribution < -0.4 is 4.72 Å². The molecule has 0 aliphatic carbocycles. The first kappa shape index (κ1) is 15.0. The van der Waals surface area contributed by atoms with Crippen molar-refractivity contribution in [2.24, 2.45) is 0 Å². The Morgan fingerprint density at radius 2 is 1.81 bits per heavy atom. The average molecular weight is 302 g/mol. The lowest BCUT2D eigenvalue weighted by Gasteiger charge is -2.09. The van der Waals surface area contributed by atoms with E-state index >= 15 is 0 Å². The lowest BCUT2D eigenvalue weighted by atomic mass is 10.2. The van der Waals surface area contributed by atoms with Crippen molar-refractivity contribution >= 4 is 15.7 Å². The Labute approximate surface area is 123 Å². The van der Waals surface area contributed by atoms with Crippen LogP contribution in [-0.4, -0.2) is 13.5 Å². The SMILES string of the molecule is N#Cc1cccc(CS(=O)(=O)Nc2cccc(CO)c2)c1. The van der Waals surface area contributed by atoms with Gasteiger partial charge in [-0.2, -0.15) is 5.26 Å². The monoisotopic (exact) mass is 302 g/mol.